The Morgan fingerprint density at radius 3 is 2.61 bits per heavy atom. The van der Waals surface area contributed by atoms with E-state index in [4.69, 9.17) is 4.52 Å². The van der Waals surface area contributed by atoms with Crippen LogP contribution in [0, 0.1) is 6.92 Å². The number of amides is 1. The third-order valence-corrected chi connectivity index (χ3v) is 6.13. The summed E-state index contributed by atoms with van der Waals surface area (Å²) in [5, 5.41) is 6.88. The largest absolute Gasteiger partial charge is 0.353 e. The summed E-state index contributed by atoms with van der Waals surface area (Å²) >= 11 is 0. The van der Waals surface area contributed by atoms with Gasteiger partial charge >= 0.3 is 0 Å². The second-order valence-electron chi connectivity index (χ2n) is 8.70. The number of hydrogen-bond acceptors (Lipinski definition) is 6. The zero-order chi connectivity index (χ0) is 22.8. The van der Waals surface area contributed by atoms with Crippen molar-refractivity contribution >= 4 is 22.6 Å². The van der Waals surface area contributed by atoms with E-state index in [0.717, 1.165) is 61.6 Å². The van der Waals surface area contributed by atoms with E-state index < -0.39 is 0 Å². The molecule has 33 heavy (non-hydrogen) atoms. The summed E-state index contributed by atoms with van der Waals surface area (Å²) < 4.78 is 5.27. The predicted octanol–water partition coefficient (Wildman–Crippen LogP) is 3.57. The summed E-state index contributed by atoms with van der Waals surface area (Å²) in [7, 11) is 2.17. The summed E-state index contributed by atoms with van der Waals surface area (Å²) in [6.07, 6.45) is 1.02. The number of nitrogens with zero attached hydrogens (tertiary/aromatic N) is 4. The summed E-state index contributed by atoms with van der Waals surface area (Å²) in [4.78, 5) is 25.4. The summed E-state index contributed by atoms with van der Waals surface area (Å²) in [6, 6.07) is 15.3. The first-order valence-corrected chi connectivity index (χ1v) is 11.3. The minimum atomic E-state index is -0.159. The highest BCUT2D eigenvalue weighted by Gasteiger charge is 2.14. The van der Waals surface area contributed by atoms with Crippen LogP contribution in [0.4, 0.5) is 5.69 Å². The third-order valence-electron chi connectivity index (χ3n) is 6.13. The molecule has 0 radical (unpaired) electrons. The number of H-pyrrole nitrogens is 1. The van der Waals surface area contributed by atoms with Gasteiger partial charge in [-0.25, -0.2) is 4.98 Å². The minimum absolute atomic E-state index is 0.159. The lowest BCUT2D eigenvalue weighted by atomic mass is 10.1. The van der Waals surface area contributed by atoms with E-state index in [1.165, 1.54) is 5.56 Å². The Balaban J connectivity index is 1.21. The van der Waals surface area contributed by atoms with Crippen molar-refractivity contribution in [2.45, 2.75) is 13.3 Å². The Kier molecular flexibility index (Phi) is 5.93. The normalized spacial score (nSPS) is 15.2. The first-order chi connectivity index (χ1) is 16.0. The second-order valence-corrected chi connectivity index (χ2v) is 8.70. The van der Waals surface area contributed by atoms with Gasteiger partial charge in [-0.1, -0.05) is 17.3 Å². The maximum Gasteiger partial charge on any atom is 0.255 e. The number of aromatic amines is 1. The van der Waals surface area contributed by atoms with Gasteiger partial charge in [-0.3, -0.25) is 4.79 Å². The van der Waals surface area contributed by atoms with Crippen molar-refractivity contribution in [1.29, 1.82) is 0 Å². The lowest BCUT2D eigenvalue weighted by molar-refractivity contribution is 0.102. The number of anilines is 1. The number of carbonyl (C=O) groups excluding carboxylic acids is 1. The molecule has 0 saturated carbocycles. The van der Waals surface area contributed by atoms with E-state index in [0.29, 0.717) is 17.1 Å². The zero-order valence-electron chi connectivity index (χ0n) is 19.0. The van der Waals surface area contributed by atoms with Gasteiger partial charge in [-0.05, 0) is 56.3 Å². The van der Waals surface area contributed by atoms with Crippen molar-refractivity contribution in [1.82, 2.24) is 24.9 Å². The monoisotopic (exact) mass is 444 g/mol. The van der Waals surface area contributed by atoms with Crippen molar-refractivity contribution in [2.24, 2.45) is 0 Å². The van der Waals surface area contributed by atoms with Crippen LogP contribution in [0.3, 0.4) is 0 Å². The molecule has 8 heteroatoms. The fourth-order valence-electron chi connectivity index (χ4n) is 4.06. The van der Waals surface area contributed by atoms with Gasteiger partial charge in [-0.2, -0.15) is 0 Å². The van der Waals surface area contributed by atoms with Crippen LogP contribution in [0.1, 0.15) is 21.6 Å². The molecule has 1 amide bonds. The molecule has 2 N–H and O–H groups in total. The Hall–Kier alpha value is -3.49. The van der Waals surface area contributed by atoms with Crippen molar-refractivity contribution in [3.8, 4) is 11.6 Å². The van der Waals surface area contributed by atoms with Crippen molar-refractivity contribution in [3.63, 3.8) is 0 Å². The lowest BCUT2D eigenvalue weighted by Gasteiger charge is -2.32. The molecule has 0 atom stereocenters. The van der Waals surface area contributed by atoms with Crippen LogP contribution in [0.15, 0.2) is 53.1 Å². The Bertz CT molecular complexity index is 1250. The van der Waals surface area contributed by atoms with Crippen LogP contribution in [-0.2, 0) is 6.42 Å². The SMILES string of the molecule is Cc1cc(-c2nc3ccc(C(=O)Nc4ccc(CCN5CCN(C)CC5)cc4)cc3[nH]2)on1. The highest BCUT2D eigenvalue weighted by Crippen LogP contribution is 2.22. The van der Waals surface area contributed by atoms with Crippen molar-refractivity contribution in [2.75, 3.05) is 45.1 Å². The average molecular weight is 445 g/mol. The fraction of sp³-hybridized carbons (Fsp3) is 0.320. The van der Waals surface area contributed by atoms with Crippen LogP contribution < -0.4 is 5.32 Å². The van der Waals surface area contributed by atoms with Gasteiger partial charge in [0, 0.05) is 50.0 Å². The van der Waals surface area contributed by atoms with Crippen molar-refractivity contribution < 1.29 is 9.32 Å². The number of nitrogens with one attached hydrogen (secondary N) is 2. The van der Waals surface area contributed by atoms with Crippen LogP contribution in [0.25, 0.3) is 22.6 Å². The molecule has 1 saturated heterocycles. The number of rotatable bonds is 6. The molecule has 4 aromatic rings. The van der Waals surface area contributed by atoms with Gasteiger partial charge in [0.1, 0.15) is 0 Å². The topological polar surface area (TPSA) is 90.3 Å². The van der Waals surface area contributed by atoms with Crippen LogP contribution in [-0.4, -0.2) is 70.6 Å². The lowest BCUT2D eigenvalue weighted by Crippen LogP contribution is -2.45. The van der Waals surface area contributed by atoms with E-state index in [-0.39, 0.29) is 5.91 Å². The van der Waals surface area contributed by atoms with E-state index in [2.05, 4.69) is 49.4 Å². The number of benzene rings is 2. The number of aromatic nitrogens is 3. The minimum Gasteiger partial charge on any atom is -0.353 e. The van der Waals surface area contributed by atoms with Gasteiger partial charge in [-0.15, -0.1) is 0 Å². The number of piperazine rings is 1. The number of imidazole rings is 1. The molecular formula is C25H28N6O2. The van der Waals surface area contributed by atoms with Gasteiger partial charge < -0.3 is 24.6 Å². The second kappa shape index (κ2) is 9.17. The average Bonchev–Trinajstić information content (AvgIpc) is 3.45. The third kappa shape index (κ3) is 4.97. The van der Waals surface area contributed by atoms with E-state index in [9.17, 15) is 4.79 Å². The molecule has 1 aliphatic rings. The highest BCUT2D eigenvalue weighted by atomic mass is 16.5. The maximum atomic E-state index is 12.8. The number of fused-ring (bicyclic) bond motifs is 1. The van der Waals surface area contributed by atoms with Crippen LogP contribution in [0.5, 0.6) is 0 Å². The molecule has 2 aromatic heterocycles. The smallest absolute Gasteiger partial charge is 0.255 e. The molecule has 1 fully saturated rings. The van der Waals surface area contributed by atoms with E-state index in [1.807, 2.05) is 31.2 Å². The fourth-order valence-corrected chi connectivity index (χ4v) is 4.06. The molecule has 0 unspecified atom stereocenters. The quantitative estimate of drug-likeness (QED) is 0.473. The molecule has 170 valence electrons. The van der Waals surface area contributed by atoms with Gasteiger partial charge in [0.15, 0.2) is 5.82 Å². The molecule has 5 rings (SSSR count). The molecule has 2 aromatic carbocycles. The zero-order valence-corrected chi connectivity index (χ0v) is 19.0. The summed E-state index contributed by atoms with van der Waals surface area (Å²) in [6.45, 7) is 7.46. The van der Waals surface area contributed by atoms with E-state index in [1.54, 1.807) is 12.1 Å². The highest BCUT2D eigenvalue weighted by molar-refractivity contribution is 6.06. The van der Waals surface area contributed by atoms with Gasteiger partial charge in [0.05, 0.1) is 16.7 Å². The molecule has 1 aliphatic heterocycles. The molecule has 0 bridgehead atoms. The number of carbonyl (C=O) groups is 1. The van der Waals surface area contributed by atoms with Gasteiger partial charge in [0.25, 0.3) is 5.91 Å². The van der Waals surface area contributed by atoms with Crippen LogP contribution in [0.2, 0.25) is 0 Å². The molecule has 0 spiro atoms. The molecular weight excluding hydrogens is 416 g/mol. The number of hydrogen-bond donors (Lipinski definition) is 2. The van der Waals surface area contributed by atoms with Gasteiger partial charge in [0.2, 0.25) is 5.76 Å². The first kappa shape index (κ1) is 21.4. The standard InChI is InChI=1S/C25H28N6O2/c1-17-15-23(33-29-17)24-27-21-8-5-19(16-22(21)28-24)25(32)26-20-6-3-18(4-7-20)9-10-31-13-11-30(2)12-14-31/h3-8,15-16H,9-14H2,1-2H3,(H,26,32)(H,27,28). The molecule has 0 aliphatic carbocycles. The summed E-state index contributed by atoms with van der Waals surface area (Å²) in [5.74, 6) is 1.01. The predicted molar refractivity (Wildman–Crippen MR) is 128 cm³/mol. The molecule has 3 heterocycles. The number of likely N-dealkylation sites (N-methyl/N-ethyl adjacent to an activating group) is 1. The Labute approximate surface area is 192 Å². The first-order valence-electron chi connectivity index (χ1n) is 11.3. The Morgan fingerprint density at radius 2 is 1.88 bits per heavy atom. The summed E-state index contributed by atoms with van der Waals surface area (Å²) in [5.41, 5.74) is 4.94. The molecule has 8 nitrogen and oxygen atoms in total. The van der Waals surface area contributed by atoms with Crippen LogP contribution >= 0.6 is 0 Å². The Morgan fingerprint density at radius 1 is 1.09 bits per heavy atom. The maximum absolute atomic E-state index is 12.8. The van der Waals surface area contributed by atoms with Crippen molar-refractivity contribution in [3.05, 3.63) is 65.4 Å². The number of aryl methyl sites for hydroxylation is 1. The van der Waals surface area contributed by atoms with E-state index >= 15 is 0 Å².